The number of benzene rings is 1. The molecule has 0 radical (unpaired) electrons. The molecular weight excluding hydrogens is 449 g/mol. The van der Waals surface area contributed by atoms with Crippen molar-refractivity contribution < 1.29 is 17.9 Å². The first-order chi connectivity index (χ1) is 15.8. The fourth-order valence-electron chi connectivity index (χ4n) is 3.92. The van der Waals surface area contributed by atoms with Crippen molar-refractivity contribution in [3.8, 4) is 33.3 Å². The van der Waals surface area contributed by atoms with Gasteiger partial charge in [0.15, 0.2) is 11.3 Å². The predicted octanol–water partition coefficient (Wildman–Crippen LogP) is 6.56. The third-order valence-electron chi connectivity index (χ3n) is 5.49. The lowest BCUT2D eigenvalue weighted by atomic mass is 10.1. The number of hydrogen-bond acceptors (Lipinski definition) is 4. The van der Waals surface area contributed by atoms with Crippen LogP contribution >= 0.6 is 11.3 Å². The monoisotopic (exact) mass is 468 g/mol. The molecule has 0 unspecified atom stereocenters. The Bertz CT molecular complexity index is 1440. The van der Waals surface area contributed by atoms with Gasteiger partial charge >= 0.3 is 6.18 Å². The van der Waals surface area contributed by atoms with E-state index in [4.69, 9.17) is 4.74 Å². The summed E-state index contributed by atoms with van der Waals surface area (Å²) in [4.78, 5) is 5.27. The first kappa shape index (κ1) is 21.3. The van der Waals surface area contributed by atoms with Crippen LogP contribution in [0.5, 0.6) is 5.75 Å². The zero-order chi connectivity index (χ0) is 23.3. The van der Waals surface area contributed by atoms with E-state index in [0.29, 0.717) is 17.0 Å². The number of aryl methyl sites for hydroxylation is 2. The van der Waals surface area contributed by atoms with Gasteiger partial charge < -0.3 is 9.30 Å². The summed E-state index contributed by atoms with van der Waals surface area (Å²) in [5.41, 5.74) is 3.42. The summed E-state index contributed by atoms with van der Waals surface area (Å²) < 4.78 is 50.0. The molecule has 0 fully saturated rings. The van der Waals surface area contributed by atoms with Crippen LogP contribution in [0.4, 0.5) is 13.2 Å². The first-order valence-electron chi connectivity index (χ1n) is 10.1. The summed E-state index contributed by atoms with van der Waals surface area (Å²) in [5.74, 6) is 0.614. The minimum absolute atomic E-state index is 0.131. The topological polar surface area (TPSA) is 44.4 Å². The molecule has 0 saturated carbocycles. The normalized spacial score (nSPS) is 11.9. The van der Waals surface area contributed by atoms with Gasteiger partial charge in [0.2, 0.25) is 0 Å². The number of ether oxygens (including phenoxy) is 1. The van der Waals surface area contributed by atoms with Crippen LogP contribution in [0.1, 0.15) is 17.1 Å². The van der Waals surface area contributed by atoms with Gasteiger partial charge in [-0.2, -0.15) is 18.3 Å². The molecule has 33 heavy (non-hydrogen) atoms. The number of fused-ring (bicyclic) bond motifs is 1. The van der Waals surface area contributed by atoms with Crippen molar-refractivity contribution in [2.24, 2.45) is 0 Å². The average Bonchev–Trinajstić information content (AvgIpc) is 3.50. The molecule has 0 amide bonds. The summed E-state index contributed by atoms with van der Waals surface area (Å²) in [5, 5.41) is 6.24. The highest BCUT2D eigenvalue weighted by molar-refractivity contribution is 7.14. The number of halogens is 3. The van der Waals surface area contributed by atoms with Gasteiger partial charge in [0.05, 0.1) is 23.4 Å². The molecular formula is C24H19F3N4OS. The number of methoxy groups -OCH3 is 1. The minimum atomic E-state index is -4.60. The lowest BCUT2D eigenvalue weighted by Crippen LogP contribution is -2.13. The lowest BCUT2D eigenvalue weighted by molar-refractivity contribution is -0.142. The third-order valence-corrected chi connectivity index (χ3v) is 6.42. The van der Waals surface area contributed by atoms with Crippen LogP contribution in [0, 0.1) is 13.8 Å². The second-order valence-corrected chi connectivity index (χ2v) is 8.56. The lowest BCUT2D eigenvalue weighted by Gasteiger charge is -2.11. The number of hydrogen-bond donors (Lipinski definition) is 0. The summed E-state index contributed by atoms with van der Waals surface area (Å²) in [7, 11) is 1.53. The summed E-state index contributed by atoms with van der Waals surface area (Å²) in [6.07, 6.45) is -4.60. The van der Waals surface area contributed by atoms with Gasteiger partial charge in [0, 0.05) is 23.0 Å². The molecule has 0 saturated heterocycles. The van der Waals surface area contributed by atoms with Crippen molar-refractivity contribution in [3.63, 3.8) is 0 Å². The molecule has 5 nitrogen and oxygen atoms in total. The van der Waals surface area contributed by atoms with E-state index in [2.05, 4.69) is 14.6 Å². The quantitative estimate of drug-likeness (QED) is 0.300. The molecule has 0 bridgehead atoms. The fraction of sp³-hybridized carbons (Fsp3) is 0.167. The number of thiophene rings is 1. The van der Waals surface area contributed by atoms with Crippen molar-refractivity contribution in [1.82, 2.24) is 19.2 Å². The maximum atomic E-state index is 14.0. The predicted molar refractivity (Wildman–Crippen MR) is 122 cm³/mol. The summed E-state index contributed by atoms with van der Waals surface area (Å²) >= 11 is 1.43. The Balaban J connectivity index is 1.69. The maximum Gasteiger partial charge on any atom is 0.433 e. The van der Waals surface area contributed by atoms with E-state index in [0.717, 1.165) is 32.5 Å². The van der Waals surface area contributed by atoms with Gasteiger partial charge in [-0.1, -0.05) is 0 Å². The van der Waals surface area contributed by atoms with Crippen molar-refractivity contribution in [3.05, 3.63) is 77.1 Å². The van der Waals surface area contributed by atoms with E-state index >= 15 is 0 Å². The second-order valence-electron chi connectivity index (χ2n) is 7.64. The second kappa shape index (κ2) is 7.77. The highest BCUT2D eigenvalue weighted by Gasteiger charge is 2.35. The zero-order valence-electron chi connectivity index (χ0n) is 18.0. The Kier molecular flexibility index (Phi) is 5.01. The Hall–Kier alpha value is -3.59. The van der Waals surface area contributed by atoms with E-state index < -0.39 is 11.9 Å². The Morgan fingerprint density at radius 3 is 2.24 bits per heavy atom. The Morgan fingerprint density at radius 1 is 0.909 bits per heavy atom. The summed E-state index contributed by atoms with van der Waals surface area (Å²) in [6, 6.07) is 15.3. The van der Waals surface area contributed by atoms with E-state index in [1.165, 1.54) is 18.4 Å². The third kappa shape index (κ3) is 3.68. The number of rotatable bonds is 4. The van der Waals surface area contributed by atoms with E-state index in [1.807, 2.05) is 37.4 Å². The van der Waals surface area contributed by atoms with Crippen molar-refractivity contribution in [1.29, 1.82) is 0 Å². The van der Waals surface area contributed by atoms with E-state index in [9.17, 15) is 13.2 Å². The van der Waals surface area contributed by atoms with Gasteiger partial charge in [0.25, 0.3) is 0 Å². The molecule has 1 aromatic carbocycles. The van der Waals surface area contributed by atoms with Gasteiger partial charge in [0.1, 0.15) is 11.4 Å². The van der Waals surface area contributed by atoms with Crippen LogP contribution in [0.2, 0.25) is 0 Å². The molecule has 5 aromatic rings. The SMILES string of the molecule is COc1ccc(-c2cc(C(F)(F)F)n3nc(-c4sccc4-n4c(C)ccc4C)cc3n2)cc1. The minimum Gasteiger partial charge on any atom is -0.497 e. The van der Waals surface area contributed by atoms with Crippen molar-refractivity contribution >= 4 is 17.0 Å². The van der Waals surface area contributed by atoms with Crippen LogP contribution < -0.4 is 4.74 Å². The number of aromatic nitrogens is 4. The van der Waals surface area contributed by atoms with Crippen molar-refractivity contribution in [2.45, 2.75) is 20.0 Å². The summed E-state index contributed by atoms with van der Waals surface area (Å²) in [6.45, 7) is 3.98. The fourth-order valence-corrected chi connectivity index (χ4v) is 4.75. The van der Waals surface area contributed by atoms with Gasteiger partial charge in [-0.3, -0.25) is 0 Å². The van der Waals surface area contributed by atoms with Gasteiger partial charge in [-0.15, -0.1) is 11.3 Å². The van der Waals surface area contributed by atoms with E-state index in [1.54, 1.807) is 30.3 Å². The molecule has 4 heterocycles. The standard InChI is InChI=1S/C24H19F3N4OS/c1-14-4-5-15(2)30(14)20-10-11-33-23(20)19-13-22-28-18(16-6-8-17(32-3)9-7-16)12-21(24(25,26)27)31(22)29-19/h4-13H,1-3H3. The molecule has 0 aliphatic carbocycles. The Labute approximate surface area is 191 Å². The molecule has 4 aromatic heterocycles. The molecule has 0 atom stereocenters. The largest absolute Gasteiger partial charge is 0.497 e. The maximum absolute atomic E-state index is 14.0. The van der Waals surface area contributed by atoms with Crippen molar-refractivity contribution in [2.75, 3.05) is 7.11 Å². The number of nitrogens with zero attached hydrogens (tertiary/aromatic N) is 4. The van der Waals surface area contributed by atoms with Crippen LogP contribution in [-0.4, -0.2) is 26.3 Å². The highest BCUT2D eigenvalue weighted by atomic mass is 32.1. The molecule has 0 aliphatic rings. The molecule has 0 spiro atoms. The average molecular weight is 469 g/mol. The molecule has 5 rings (SSSR count). The molecule has 0 aliphatic heterocycles. The zero-order valence-corrected chi connectivity index (χ0v) is 18.8. The molecule has 9 heteroatoms. The van der Waals surface area contributed by atoms with Crippen LogP contribution in [0.15, 0.2) is 60.0 Å². The Morgan fingerprint density at radius 2 is 1.61 bits per heavy atom. The molecule has 168 valence electrons. The van der Waals surface area contributed by atoms with Gasteiger partial charge in [-0.25, -0.2) is 9.50 Å². The highest BCUT2D eigenvalue weighted by Crippen LogP contribution is 2.37. The molecule has 0 N–H and O–H groups in total. The van der Waals surface area contributed by atoms with Crippen LogP contribution in [0.3, 0.4) is 0 Å². The first-order valence-corrected chi connectivity index (χ1v) is 11.0. The van der Waals surface area contributed by atoms with Crippen LogP contribution in [-0.2, 0) is 6.18 Å². The van der Waals surface area contributed by atoms with E-state index in [-0.39, 0.29) is 11.3 Å². The smallest absolute Gasteiger partial charge is 0.433 e. The number of alkyl halides is 3. The van der Waals surface area contributed by atoms with Gasteiger partial charge in [-0.05, 0) is 67.8 Å². The van der Waals surface area contributed by atoms with Crippen LogP contribution in [0.25, 0.3) is 33.2 Å².